The molecule has 0 amide bonds. The summed E-state index contributed by atoms with van der Waals surface area (Å²) in [6.45, 7) is 4.81. The second kappa shape index (κ2) is 6.06. The number of piperidine rings is 1. The molecule has 1 heterocycles. The van der Waals surface area contributed by atoms with Gasteiger partial charge in [-0.3, -0.25) is 0 Å². The van der Waals surface area contributed by atoms with Crippen LogP contribution in [0.2, 0.25) is 0 Å². The van der Waals surface area contributed by atoms with Gasteiger partial charge >= 0.3 is 0 Å². The van der Waals surface area contributed by atoms with Gasteiger partial charge in [0.05, 0.1) is 19.1 Å². The highest BCUT2D eigenvalue weighted by Gasteiger charge is 2.39. The van der Waals surface area contributed by atoms with Crippen LogP contribution in [-0.4, -0.2) is 46.1 Å². The topological polar surface area (TPSA) is 81.9 Å². The summed E-state index contributed by atoms with van der Waals surface area (Å²) in [6.07, 6.45) is 0.646. The van der Waals surface area contributed by atoms with Gasteiger partial charge in [0.15, 0.2) is 0 Å². The Morgan fingerprint density at radius 2 is 1.73 bits per heavy atom. The molecule has 1 saturated heterocycles. The van der Waals surface area contributed by atoms with Crippen LogP contribution < -0.4 is 15.2 Å². The van der Waals surface area contributed by atoms with Gasteiger partial charge in [0.1, 0.15) is 11.5 Å². The molecule has 0 bridgehead atoms. The minimum Gasteiger partial charge on any atom is -0.497 e. The number of hydrogen-bond acceptors (Lipinski definition) is 5. The molecule has 6 nitrogen and oxygen atoms in total. The van der Waals surface area contributed by atoms with Crippen molar-refractivity contribution in [3.8, 4) is 11.5 Å². The van der Waals surface area contributed by atoms with E-state index in [-0.39, 0.29) is 16.4 Å². The van der Waals surface area contributed by atoms with Crippen molar-refractivity contribution in [1.82, 2.24) is 4.31 Å². The van der Waals surface area contributed by atoms with Gasteiger partial charge in [0, 0.05) is 37.3 Å². The Balaban J connectivity index is 2.38. The summed E-state index contributed by atoms with van der Waals surface area (Å²) in [6, 6.07) is 4.67. The highest BCUT2D eigenvalue weighted by atomic mass is 32.2. The first kappa shape index (κ1) is 17.1. The predicted molar refractivity (Wildman–Crippen MR) is 84.7 cm³/mol. The Bertz CT molecular complexity index is 621. The molecule has 0 spiro atoms. The normalized spacial score (nSPS) is 22.3. The van der Waals surface area contributed by atoms with E-state index in [0.29, 0.717) is 31.0 Å². The van der Waals surface area contributed by atoms with E-state index in [1.54, 1.807) is 6.07 Å². The maximum Gasteiger partial charge on any atom is 0.243 e. The van der Waals surface area contributed by atoms with Gasteiger partial charge in [0.25, 0.3) is 0 Å². The summed E-state index contributed by atoms with van der Waals surface area (Å²) in [5, 5.41) is 0. The zero-order valence-electron chi connectivity index (χ0n) is 13.5. The molecule has 1 aromatic carbocycles. The van der Waals surface area contributed by atoms with Gasteiger partial charge in [0.2, 0.25) is 10.0 Å². The molecule has 1 aliphatic rings. The van der Waals surface area contributed by atoms with Crippen LogP contribution in [-0.2, 0) is 10.0 Å². The SMILES string of the molecule is COc1cc(OC)cc(S(=O)(=O)N2CCC(N)C(C)(C)C2)c1. The van der Waals surface area contributed by atoms with Gasteiger partial charge in [-0.1, -0.05) is 13.8 Å². The third-order valence-corrected chi connectivity index (χ3v) is 6.06. The zero-order valence-corrected chi connectivity index (χ0v) is 14.3. The molecule has 2 N–H and O–H groups in total. The molecule has 2 rings (SSSR count). The van der Waals surface area contributed by atoms with Crippen molar-refractivity contribution in [2.24, 2.45) is 11.1 Å². The van der Waals surface area contributed by atoms with Crippen molar-refractivity contribution in [2.45, 2.75) is 31.2 Å². The van der Waals surface area contributed by atoms with Crippen LogP contribution in [0.3, 0.4) is 0 Å². The number of ether oxygens (including phenoxy) is 2. The largest absolute Gasteiger partial charge is 0.497 e. The molecule has 7 heteroatoms. The fraction of sp³-hybridized carbons (Fsp3) is 0.600. The highest BCUT2D eigenvalue weighted by molar-refractivity contribution is 7.89. The van der Waals surface area contributed by atoms with E-state index in [1.165, 1.54) is 30.7 Å². The van der Waals surface area contributed by atoms with Gasteiger partial charge in [-0.05, 0) is 11.8 Å². The number of sulfonamides is 1. The number of nitrogens with zero attached hydrogens (tertiary/aromatic N) is 1. The van der Waals surface area contributed by atoms with Crippen molar-refractivity contribution in [3.63, 3.8) is 0 Å². The lowest BCUT2D eigenvalue weighted by atomic mass is 9.81. The first-order valence-electron chi connectivity index (χ1n) is 7.19. The Morgan fingerprint density at radius 1 is 1.18 bits per heavy atom. The van der Waals surface area contributed by atoms with Crippen LogP contribution in [0, 0.1) is 5.41 Å². The smallest absolute Gasteiger partial charge is 0.243 e. The van der Waals surface area contributed by atoms with Crippen LogP contribution in [0.25, 0.3) is 0 Å². The summed E-state index contributed by atoms with van der Waals surface area (Å²) >= 11 is 0. The first-order chi connectivity index (χ1) is 10.2. The minimum atomic E-state index is -3.60. The van der Waals surface area contributed by atoms with E-state index in [1.807, 2.05) is 13.8 Å². The molecule has 0 aromatic heterocycles. The number of nitrogens with two attached hydrogens (primary N) is 1. The first-order valence-corrected chi connectivity index (χ1v) is 8.63. The highest BCUT2D eigenvalue weighted by Crippen LogP contribution is 2.33. The Kier molecular flexibility index (Phi) is 4.70. The van der Waals surface area contributed by atoms with E-state index in [2.05, 4.69) is 0 Å². The molecule has 0 radical (unpaired) electrons. The average molecular weight is 328 g/mol. The molecular formula is C15H24N2O4S. The predicted octanol–water partition coefficient (Wildman–Crippen LogP) is 1.45. The zero-order chi connectivity index (χ0) is 16.5. The molecule has 1 atom stereocenters. The fourth-order valence-electron chi connectivity index (χ4n) is 2.61. The van der Waals surface area contributed by atoms with E-state index in [9.17, 15) is 8.42 Å². The van der Waals surface area contributed by atoms with E-state index < -0.39 is 10.0 Å². The lowest BCUT2D eigenvalue weighted by Gasteiger charge is -2.41. The van der Waals surface area contributed by atoms with Crippen LogP contribution in [0.1, 0.15) is 20.3 Å². The summed E-state index contributed by atoms with van der Waals surface area (Å²) in [4.78, 5) is 0.176. The van der Waals surface area contributed by atoms with Crippen LogP contribution >= 0.6 is 0 Å². The maximum absolute atomic E-state index is 12.9. The van der Waals surface area contributed by atoms with Crippen LogP contribution in [0.5, 0.6) is 11.5 Å². The van der Waals surface area contributed by atoms with Crippen molar-refractivity contribution < 1.29 is 17.9 Å². The lowest BCUT2D eigenvalue weighted by molar-refractivity contribution is 0.155. The second-order valence-electron chi connectivity index (χ2n) is 6.27. The summed E-state index contributed by atoms with van der Waals surface area (Å²) in [7, 11) is -0.615. The van der Waals surface area contributed by atoms with Gasteiger partial charge in [-0.2, -0.15) is 4.31 Å². The van der Waals surface area contributed by atoms with Crippen LogP contribution in [0.4, 0.5) is 0 Å². The summed E-state index contributed by atoms with van der Waals surface area (Å²) in [5.41, 5.74) is 5.83. The van der Waals surface area contributed by atoms with Crippen molar-refractivity contribution >= 4 is 10.0 Å². The molecule has 0 aliphatic carbocycles. The Labute approximate surface area is 132 Å². The number of rotatable bonds is 4. The number of methoxy groups -OCH3 is 2. The average Bonchev–Trinajstić information content (AvgIpc) is 2.49. The van der Waals surface area contributed by atoms with Crippen molar-refractivity contribution in [3.05, 3.63) is 18.2 Å². The summed E-state index contributed by atoms with van der Waals surface area (Å²) in [5.74, 6) is 0.900. The molecule has 1 aromatic rings. The van der Waals surface area contributed by atoms with E-state index in [4.69, 9.17) is 15.2 Å². The number of hydrogen-bond donors (Lipinski definition) is 1. The minimum absolute atomic E-state index is 0.00112. The molecule has 1 unspecified atom stereocenters. The van der Waals surface area contributed by atoms with Gasteiger partial charge < -0.3 is 15.2 Å². The van der Waals surface area contributed by atoms with Gasteiger partial charge in [-0.25, -0.2) is 8.42 Å². The van der Waals surface area contributed by atoms with Crippen molar-refractivity contribution in [2.75, 3.05) is 27.3 Å². The molecule has 22 heavy (non-hydrogen) atoms. The van der Waals surface area contributed by atoms with E-state index in [0.717, 1.165) is 0 Å². The van der Waals surface area contributed by atoms with Crippen molar-refractivity contribution in [1.29, 1.82) is 0 Å². The maximum atomic E-state index is 12.9. The Morgan fingerprint density at radius 3 is 2.18 bits per heavy atom. The molecular weight excluding hydrogens is 304 g/mol. The number of benzene rings is 1. The molecule has 124 valence electrons. The summed E-state index contributed by atoms with van der Waals surface area (Å²) < 4.78 is 37.6. The second-order valence-corrected chi connectivity index (χ2v) is 8.21. The Hall–Kier alpha value is -1.31. The quantitative estimate of drug-likeness (QED) is 0.905. The molecule has 1 aliphatic heterocycles. The third kappa shape index (κ3) is 3.21. The van der Waals surface area contributed by atoms with E-state index >= 15 is 0 Å². The monoisotopic (exact) mass is 328 g/mol. The third-order valence-electron chi connectivity index (χ3n) is 4.24. The standard InChI is InChI=1S/C15H24N2O4S/c1-15(2)10-17(6-5-14(15)16)22(18,19)13-8-11(20-3)7-12(9-13)21-4/h7-9,14H,5-6,10,16H2,1-4H3. The van der Waals surface area contributed by atoms with Gasteiger partial charge in [-0.15, -0.1) is 0 Å². The molecule has 0 saturated carbocycles. The van der Waals surface area contributed by atoms with Crippen LogP contribution in [0.15, 0.2) is 23.1 Å². The molecule has 1 fully saturated rings. The fourth-order valence-corrected chi connectivity index (χ4v) is 4.29. The lowest BCUT2D eigenvalue weighted by Crippen LogP contribution is -2.53.